The van der Waals surface area contributed by atoms with Crippen molar-refractivity contribution in [3.8, 4) is 5.75 Å². The first-order valence-electron chi connectivity index (χ1n) is 11.7. The molecule has 2 aliphatic heterocycles. The fourth-order valence-corrected chi connectivity index (χ4v) is 4.77. The number of benzene rings is 1. The van der Waals surface area contributed by atoms with Gasteiger partial charge in [-0.1, -0.05) is 45.2 Å². The molecule has 0 unspecified atom stereocenters. The molecule has 3 aliphatic rings. The van der Waals surface area contributed by atoms with Crippen molar-refractivity contribution in [3.63, 3.8) is 0 Å². The third-order valence-corrected chi connectivity index (χ3v) is 6.58. The number of hydrogen-bond acceptors (Lipinski definition) is 5. The summed E-state index contributed by atoms with van der Waals surface area (Å²) in [4.78, 5) is 33.2. The summed E-state index contributed by atoms with van der Waals surface area (Å²) >= 11 is 0. The molecule has 0 N–H and O–H groups in total. The average Bonchev–Trinajstić information content (AvgIpc) is 3.04. The highest BCUT2D eigenvalue weighted by Crippen LogP contribution is 2.36. The van der Waals surface area contributed by atoms with E-state index in [-0.39, 0.29) is 17.9 Å². The van der Waals surface area contributed by atoms with Crippen LogP contribution in [0.5, 0.6) is 5.75 Å². The molecule has 0 radical (unpaired) electrons. The average molecular weight is 426 g/mol. The van der Waals surface area contributed by atoms with Gasteiger partial charge in [-0.3, -0.25) is 14.5 Å². The third-order valence-electron chi connectivity index (χ3n) is 6.58. The van der Waals surface area contributed by atoms with Gasteiger partial charge in [-0.2, -0.15) is 0 Å². The topological polar surface area (TPSA) is 53.1 Å². The molecule has 2 fully saturated rings. The quantitative estimate of drug-likeness (QED) is 0.654. The predicted octanol–water partition coefficient (Wildman–Crippen LogP) is 3.38. The molecule has 2 amide bonds. The highest BCUT2D eigenvalue weighted by Gasteiger charge is 2.45. The molecule has 1 aromatic carbocycles. The SMILES string of the molecule is CC(C)COc1ccc(C2=C(N3CCN(C)CC3)C(=O)N(C3CCCCC3)C2=O)cc1. The van der Waals surface area contributed by atoms with E-state index in [1.807, 2.05) is 24.3 Å². The van der Waals surface area contributed by atoms with Crippen molar-refractivity contribution in [2.24, 2.45) is 5.92 Å². The van der Waals surface area contributed by atoms with Gasteiger partial charge in [-0.15, -0.1) is 0 Å². The van der Waals surface area contributed by atoms with Gasteiger partial charge in [0, 0.05) is 32.2 Å². The smallest absolute Gasteiger partial charge is 0.278 e. The number of likely N-dealkylation sites (N-methyl/N-ethyl adjacent to an activating group) is 1. The zero-order chi connectivity index (χ0) is 22.0. The largest absolute Gasteiger partial charge is 0.493 e. The molecule has 6 nitrogen and oxygen atoms in total. The fraction of sp³-hybridized carbons (Fsp3) is 0.600. The van der Waals surface area contributed by atoms with E-state index in [2.05, 4.69) is 30.7 Å². The van der Waals surface area contributed by atoms with Gasteiger partial charge in [0.05, 0.1) is 12.2 Å². The van der Waals surface area contributed by atoms with Gasteiger partial charge in [0.25, 0.3) is 11.8 Å². The minimum absolute atomic E-state index is 0.0300. The highest BCUT2D eigenvalue weighted by atomic mass is 16.5. The molecule has 6 heteroatoms. The predicted molar refractivity (Wildman–Crippen MR) is 121 cm³/mol. The molecule has 2 heterocycles. The number of imide groups is 1. The number of ether oxygens (including phenoxy) is 1. The lowest BCUT2D eigenvalue weighted by Crippen LogP contribution is -2.47. The first-order chi connectivity index (χ1) is 15.0. The second-order valence-corrected chi connectivity index (χ2v) is 9.52. The van der Waals surface area contributed by atoms with Crippen LogP contribution >= 0.6 is 0 Å². The number of nitrogens with zero attached hydrogens (tertiary/aromatic N) is 3. The Labute approximate surface area is 185 Å². The van der Waals surface area contributed by atoms with E-state index >= 15 is 0 Å². The Balaban J connectivity index is 1.65. The van der Waals surface area contributed by atoms with Crippen LogP contribution in [0.3, 0.4) is 0 Å². The monoisotopic (exact) mass is 425 g/mol. The number of piperazine rings is 1. The maximum Gasteiger partial charge on any atom is 0.278 e. The lowest BCUT2D eigenvalue weighted by atomic mass is 9.94. The Hall–Kier alpha value is -2.34. The molecule has 0 spiro atoms. The summed E-state index contributed by atoms with van der Waals surface area (Å²) in [5, 5.41) is 0. The molecule has 1 saturated heterocycles. The molecule has 1 saturated carbocycles. The van der Waals surface area contributed by atoms with Crippen LogP contribution in [0, 0.1) is 5.92 Å². The number of amides is 2. The van der Waals surface area contributed by atoms with Crippen molar-refractivity contribution in [1.82, 2.24) is 14.7 Å². The van der Waals surface area contributed by atoms with Crippen molar-refractivity contribution in [1.29, 1.82) is 0 Å². The molecule has 0 aromatic heterocycles. The Bertz CT molecular complexity index is 832. The second kappa shape index (κ2) is 9.43. The molecule has 0 bridgehead atoms. The number of rotatable bonds is 6. The molecular weight excluding hydrogens is 390 g/mol. The van der Waals surface area contributed by atoms with Gasteiger partial charge in [-0.25, -0.2) is 0 Å². The minimum atomic E-state index is -0.123. The van der Waals surface area contributed by atoms with E-state index in [0.29, 0.717) is 23.8 Å². The summed E-state index contributed by atoms with van der Waals surface area (Å²) in [6.45, 7) is 8.20. The van der Waals surface area contributed by atoms with Crippen molar-refractivity contribution in [2.75, 3.05) is 39.8 Å². The Morgan fingerprint density at radius 2 is 1.58 bits per heavy atom. The van der Waals surface area contributed by atoms with Crippen LogP contribution < -0.4 is 4.74 Å². The molecule has 1 aromatic rings. The van der Waals surface area contributed by atoms with Crippen LogP contribution in [0.15, 0.2) is 30.0 Å². The normalized spacial score (nSPS) is 21.5. The Morgan fingerprint density at radius 1 is 0.935 bits per heavy atom. The summed E-state index contributed by atoms with van der Waals surface area (Å²) in [6, 6.07) is 7.70. The Morgan fingerprint density at radius 3 is 2.19 bits per heavy atom. The lowest BCUT2D eigenvalue weighted by Gasteiger charge is -2.35. The Kier molecular flexibility index (Phi) is 6.65. The molecule has 31 heavy (non-hydrogen) atoms. The lowest BCUT2D eigenvalue weighted by molar-refractivity contribution is -0.141. The maximum atomic E-state index is 13.6. The van der Waals surface area contributed by atoms with Gasteiger partial charge in [-0.05, 0) is 43.5 Å². The molecule has 4 rings (SSSR count). The van der Waals surface area contributed by atoms with Crippen LogP contribution in [0.25, 0.3) is 5.57 Å². The second-order valence-electron chi connectivity index (χ2n) is 9.52. The minimum Gasteiger partial charge on any atom is -0.493 e. The summed E-state index contributed by atoms with van der Waals surface area (Å²) < 4.78 is 5.81. The van der Waals surface area contributed by atoms with Gasteiger partial charge in [0.15, 0.2) is 0 Å². The van der Waals surface area contributed by atoms with Crippen molar-refractivity contribution < 1.29 is 14.3 Å². The standard InChI is InChI=1S/C25H35N3O3/c1-18(2)17-31-21-11-9-19(10-12-21)22-23(27-15-13-26(3)14-16-27)25(30)28(24(22)29)20-7-5-4-6-8-20/h9-12,18,20H,4-8,13-17H2,1-3H3. The van der Waals surface area contributed by atoms with E-state index in [4.69, 9.17) is 4.74 Å². The van der Waals surface area contributed by atoms with Crippen molar-refractivity contribution >= 4 is 17.4 Å². The number of hydrogen-bond donors (Lipinski definition) is 0. The fourth-order valence-electron chi connectivity index (χ4n) is 4.77. The zero-order valence-corrected chi connectivity index (χ0v) is 19.1. The summed E-state index contributed by atoms with van der Waals surface area (Å²) in [5.74, 6) is 1.02. The van der Waals surface area contributed by atoms with E-state index < -0.39 is 0 Å². The van der Waals surface area contributed by atoms with Crippen LogP contribution in [-0.4, -0.2) is 72.4 Å². The third kappa shape index (κ3) is 4.64. The van der Waals surface area contributed by atoms with E-state index in [9.17, 15) is 9.59 Å². The van der Waals surface area contributed by atoms with E-state index in [0.717, 1.165) is 63.2 Å². The van der Waals surface area contributed by atoms with Crippen LogP contribution in [0.4, 0.5) is 0 Å². The van der Waals surface area contributed by atoms with E-state index in [1.54, 1.807) is 4.90 Å². The first-order valence-corrected chi connectivity index (χ1v) is 11.7. The zero-order valence-electron chi connectivity index (χ0n) is 19.1. The van der Waals surface area contributed by atoms with Crippen molar-refractivity contribution in [2.45, 2.75) is 52.0 Å². The number of carbonyl (C=O) groups excluding carboxylic acids is 2. The van der Waals surface area contributed by atoms with Gasteiger partial charge in [0.2, 0.25) is 0 Å². The maximum absolute atomic E-state index is 13.6. The molecule has 168 valence electrons. The van der Waals surface area contributed by atoms with Crippen LogP contribution in [-0.2, 0) is 9.59 Å². The van der Waals surface area contributed by atoms with Crippen molar-refractivity contribution in [3.05, 3.63) is 35.5 Å². The van der Waals surface area contributed by atoms with E-state index in [1.165, 1.54) is 6.42 Å². The molecule has 0 atom stereocenters. The highest BCUT2D eigenvalue weighted by molar-refractivity contribution is 6.35. The summed E-state index contributed by atoms with van der Waals surface area (Å²) in [6.07, 6.45) is 5.20. The van der Waals surface area contributed by atoms with Crippen LogP contribution in [0.2, 0.25) is 0 Å². The number of carbonyl (C=O) groups is 2. The van der Waals surface area contributed by atoms with Gasteiger partial charge >= 0.3 is 0 Å². The van der Waals surface area contributed by atoms with Crippen LogP contribution in [0.1, 0.15) is 51.5 Å². The van der Waals surface area contributed by atoms with Gasteiger partial charge < -0.3 is 14.5 Å². The molecule has 1 aliphatic carbocycles. The molecular formula is C25H35N3O3. The van der Waals surface area contributed by atoms with Gasteiger partial charge in [0.1, 0.15) is 11.4 Å². The summed E-state index contributed by atoms with van der Waals surface area (Å²) in [7, 11) is 2.10. The summed E-state index contributed by atoms with van der Waals surface area (Å²) in [5.41, 5.74) is 1.97. The first kappa shape index (κ1) is 21.9.